The second kappa shape index (κ2) is 6.61. The van der Waals surface area contributed by atoms with Crippen LogP contribution in [0.3, 0.4) is 0 Å². The Morgan fingerprint density at radius 2 is 1.82 bits per heavy atom. The second-order valence-electron chi connectivity index (χ2n) is 8.99. The molecular formula is C22H27N3O3. The van der Waals surface area contributed by atoms with Crippen molar-refractivity contribution in [3.63, 3.8) is 0 Å². The summed E-state index contributed by atoms with van der Waals surface area (Å²) in [4.78, 5) is 30.5. The maximum absolute atomic E-state index is 13.3. The van der Waals surface area contributed by atoms with E-state index in [1.165, 1.54) is 0 Å². The molecule has 1 aliphatic carbocycles. The molecule has 6 nitrogen and oxygen atoms in total. The number of piperazine rings is 1. The molecule has 2 aromatic rings. The molecule has 3 heterocycles. The lowest BCUT2D eigenvalue weighted by molar-refractivity contribution is -0.155. The highest BCUT2D eigenvalue weighted by atomic mass is 16.5. The van der Waals surface area contributed by atoms with Crippen LogP contribution in [0.1, 0.15) is 49.9 Å². The average molecular weight is 381 g/mol. The maximum Gasteiger partial charge on any atom is 0.254 e. The zero-order valence-electron chi connectivity index (χ0n) is 16.5. The molecule has 4 atom stereocenters. The van der Waals surface area contributed by atoms with Gasteiger partial charge >= 0.3 is 0 Å². The molecule has 0 radical (unpaired) electrons. The number of likely N-dealkylation sites (tertiary alicyclic amines) is 1. The van der Waals surface area contributed by atoms with Crippen molar-refractivity contribution in [3.8, 4) is 0 Å². The van der Waals surface area contributed by atoms with Crippen LogP contribution in [0.5, 0.6) is 0 Å². The van der Waals surface area contributed by atoms with Crippen molar-refractivity contribution in [2.75, 3.05) is 13.1 Å². The number of aromatic nitrogens is 1. The number of carbonyl (C=O) groups excluding carboxylic acids is 2. The Balaban J connectivity index is 1.35. The minimum atomic E-state index is 0.0393. The van der Waals surface area contributed by atoms with Crippen LogP contribution >= 0.6 is 0 Å². The molecule has 1 aromatic carbocycles. The normalized spacial score (nSPS) is 32.3. The van der Waals surface area contributed by atoms with Crippen molar-refractivity contribution < 1.29 is 14.1 Å². The molecule has 2 amide bonds. The van der Waals surface area contributed by atoms with Gasteiger partial charge in [-0.05, 0) is 55.7 Å². The number of hydrogen-bond acceptors (Lipinski definition) is 4. The van der Waals surface area contributed by atoms with Crippen molar-refractivity contribution >= 4 is 22.8 Å². The van der Waals surface area contributed by atoms with E-state index in [2.05, 4.69) is 23.9 Å². The highest BCUT2D eigenvalue weighted by Crippen LogP contribution is 2.43. The van der Waals surface area contributed by atoms with Gasteiger partial charge in [-0.1, -0.05) is 19.0 Å². The zero-order valence-corrected chi connectivity index (χ0v) is 16.5. The molecule has 3 aliphatic rings. The fraction of sp³-hybridized carbons (Fsp3) is 0.591. The Labute approximate surface area is 164 Å². The molecule has 3 fully saturated rings. The molecule has 0 spiro atoms. The monoisotopic (exact) mass is 381 g/mol. The molecule has 1 saturated carbocycles. The number of amides is 2. The van der Waals surface area contributed by atoms with Crippen LogP contribution in [0.25, 0.3) is 11.0 Å². The largest absolute Gasteiger partial charge is 0.356 e. The van der Waals surface area contributed by atoms with Crippen LogP contribution in [-0.4, -0.2) is 51.9 Å². The molecule has 1 aromatic heterocycles. The van der Waals surface area contributed by atoms with Crippen LogP contribution in [0.15, 0.2) is 28.9 Å². The van der Waals surface area contributed by atoms with E-state index >= 15 is 0 Å². The highest BCUT2D eigenvalue weighted by molar-refractivity contribution is 5.97. The van der Waals surface area contributed by atoms with Crippen LogP contribution in [0.4, 0.5) is 0 Å². The second-order valence-corrected chi connectivity index (χ2v) is 8.99. The lowest BCUT2D eigenvalue weighted by Gasteiger charge is -2.53. The third-order valence-corrected chi connectivity index (χ3v) is 7.12. The van der Waals surface area contributed by atoms with E-state index in [0.717, 1.165) is 31.1 Å². The van der Waals surface area contributed by atoms with E-state index < -0.39 is 0 Å². The summed E-state index contributed by atoms with van der Waals surface area (Å²) < 4.78 is 5.14. The van der Waals surface area contributed by atoms with Crippen molar-refractivity contribution in [1.82, 2.24) is 15.0 Å². The Morgan fingerprint density at radius 1 is 1.11 bits per heavy atom. The van der Waals surface area contributed by atoms with Gasteiger partial charge in [0.2, 0.25) is 5.91 Å². The molecule has 5 rings (SSSR count). The van der Waals surface area contributed by atoms with Gasteiger partial charge in [-0.25, -0.2) is 0 Å². The highest BCUT2D eigenvalue weighted by Gasteiger charge is 2.48. The molecule has 2 bridgehead atoms. The lowest BCUT2D eigenvalue weighted by atomic mass is 9.65. The summed E-state index contributed by atoms with van der Waals surface area (Å²) in [5, 5.41) is 4.63. The molecule has 148 valence electrons. The molecule has 4 unspecified atom stereocenters. The summed E-state index contributed by atoms with van der Waals surface area (Å²) in [5.74, 6) is 1.51. The zero-order chi connectivity index (χ0) is 19.4. The van der Waals surface area contributed by atoms with Gasteiger partial charge in [0.15, 0.2) is 5.58 Å². The predicted molar refractivity (Wildman–Crippen MR) is 105 cm³/mol. The average Bonchev–Trinajstić information content (AvgIpc) is 3.13. The fourth-order valence-electron chi connectivity index (χ4n) is 5.72. The van der Waals surface area contributed by atoms with Crippen LogP contribution in [0.2, 0.25) is 0 Å². The first-order chi connectivity index (χ1) is 13.5. The maximum atomic E-state index is 13.3. The first kappa shape index (κ1) is 17.7. The number of carbonyl (C=O) groups is 2. The Hall–Kier alpha value is -2.37. The summed E-state index contributed by atoms with van der Waals surface area (Å²) >= 11 is 0. The van der Waals surface area contributed by atoms with E-state index in [-0.39, 0.29) is 23.9 Å². The van der Waals surface area contributed by atoms with Crippen LogP contribution in [-0.2, 0) is 4.79 Å². The SMILES string of the molecule is CC1CC(C)C1C(=O)N1C2CCCC1CN(C(=O)c1ccc3oncc3c1)C2. The minimum Gasteiger partial charge on any atom is -0.356 e. The minimum absolute atomic E-state index is 0.0393. The number of benzene rings is 1. The topological polar surface area (TPSA) is 66.7 Å². The summed E-state index contributed by atoms with van der Waals surface area (Å²) in [6, 6.07) is 5.77. The number of fused-ring (bicyclic) bond motifs is 3. The van der Waals surface area contributed by atoms with Crippen molar-refractivity contribution in [3.05, 3.63) is 30.0 Å². The number of piperidine rings is 1. The van der Waals surface area contributed by atoms with Crippen LogP contribution in [0, 0.1) is 17.8 Å². The van der Waals surface area contributed by atoms with Gasteiger partial charge in [-0.2, -0.15) is 0 Å². The molecule has 2 saturated heterocycles. The Bertz CT molecular complexity index is 901. The van der Waals surface area contributed by atoms with Gasteiger partial charge in [0.05, 0.1) is 6.20 Å². The Kier molecular flexibility index (Phi) is 4.18. The fourth-order valence-corrected chi connectivity index (χ4v) is 5.72. The Morgan fingerprint density at radius 3 is 2.50 bits per heavy atom. The molecule has 0 N–H and O–H groups in total. The lowest BCUT2D eigenvalue weighted by Crippen LogP contribution is -2.65. The summed E-state index contributed by atoms with van der Waals surface area (Å²) in [6.45, 7) is 5.66. The number of hydrogen-bond donors (Lipinski definition) is 0. The first-order valence-electron chi connectivity index (χ1n) is 10.5. The van der Waals surface area contributed by atoms with E-state index in [4.69, 9.17) is 4.52 Å². The summed E-state index contributed by atoms with van der Waals surface area (Å²) in [5.41, 5.74) is 1.35. The van der Waals surface area contributed by atoms with E-state index in [9.17, 15) is 9.59 Å². The third-order valence-electron chi connectivity index (χ3n) is 7.12. The van der Waals surface area contributed by atoms with E-state index in [1.54, 1.807) is 18.3 Å². The summed E-state index contributed by atoms with van der Waals surface area (Å²) in [7, 11) is 0. The van der Waals surface area contributed by atoms with Gasteiger partial charge in [0.25, 0.3) is 5.91 Å². The quantitative estimate of drug-likeness (QED) is 0.800. The summed E-state index contributed by atoms with van der Waals surface area (Å²) in [6.07, 6.45) is 5.91. The third kappa shape index (κ3) is 2.73. The van der Waals surface area contributed by atoms with Gasteiger partial charge in [-0.15, -0.1) is 0 Å². The van der Waals surface area contributed by atoms with Gasteiger partial charge in [0, 0.05) is 42.0 Å². The van der Waals surface area contributed by atoms with Crippen molar-refractivity contribution in [2.45, 2.75) is 51.6 Å². The van der Waals surface area contributed by atoms with Crippen molar-refractivity contribution in [1.29, 1.82) is 0 Å². The molecule has 6 heteroatoms. The smallest absolute Gasteiger partial charge is 0.254 e. The number of nitrogens with zero attached hydrogens (tertiary/aromatic N) is 3. The van der Waals surface area contributed by atoms with E-state index in [1.807, 2.05) is 11.0 Å². The number of rotatable bonds is 2. The standard InChI is InChI=1S/C22H27N3O3/c1-13-8-14(2)20(13)22(27)25-17-4-3-5-18(25)12-24(11-17)21(26)15-6-7-19-16(9-15)10-23-28-19/h6-7,9-10,13-14,17-18,20H,3-5,8,11-12H2,1-2H3. The van der Waals surface area contributed by atoms with Crippen molar-refractivity contribution in [2.24, 2.45) is 17.8 Å². The van der Waals surface area contributed by atoms with E-state index in [0.29, 0.717) is 42.0 Å². The molecule has 28 heavy (non-hydrogen) atoms. The first-order valence-corrected chi connectivity index (χ1v) is 10.5. The van der Waals surface area contributed by atoms with Gasteiger partial charge in [0.1, 0.15) is 0 Å². The molecule has 2 aliphatic heterocycles. The molecular weight excluding hydrogens is 354 g/mol. The van der Waals surface area contributed by atoms with Crippen LogP contribution < -0.4 is 0 Å². The predicted octanol–water partition coefficient (Wildman–Crippen LogP) is 3.33. The van der Waals surface area contributed by atoms with Gasteiger partial charge < -0.3 is 14.3 Å². The van der Waals surface area contributed by atoms with Gasteiger partial charge in [-0.3, -0.25) is 9.59 Å².